The topological polar surface area (TPSA) is 40.9 Å². The molecule has 0 spiro atoms. The van der Waals surface area contributed by atoms with E-state index in [0.29, 0.717) is 0 Å². The number of rotatable bonds is 16. The predicted octanol–water partition coefficient (Wildman–Crippen LogP) is 8.25. The highest BCUT2D eigenvalue weighted by Crippen LogP contribution is 2.40. The maximum Gasteiger partial charge on any atom is 0.140 e. The fraction of sp³-hybridized carbons (Fsp3) is 0.923. The first-order valence-electron chi connectivity index (χ1n) is 12.5. The van der Waals surface area contributed by atoms with Gasteiger partial charge in [0.25, 0.3) is 0 Å². The summed E-state index contributed by atoms with van der Waals surface area (Å²) in [4.78, 5) is 11.6. The van der Waals surface area contributed by atoms with Crippen LogP contribution in [0.2, 0.25) is 0 Å². The van der Waals surface area contributed by atoms with Gasteiger partial charge in [-0.2, -0.15) is 5.26 Å². The van der Waals surface area contributed by atoms with Gasteiger partial charge in [-0.05, 0) is 43.4 Å². The van der Waals surface area contributed by atoms with Crippen LogP contribution in [-0.4, -0.2) is 6.29 Å². The Balaban J connectivity index is 2.50. The van der Waals surface area contributed by atoms with Crippen molar-refractivity contribution in [3.63, 3.8) is 0 Å². The van der Waals surface area contributed by atoms with Crippen molar-refractivity contribution in [2.45, 2.75) is 130 Å². The summed E-state index contributed by atoms with van der Waals surface area (Å²) >= 11 is 0. The van der Waals surface area contributed by atoms with Crippen molar-refractivity contribution in [2.24, 2.45) is 23.2 Å². The molecule has 0 heterocycles. The summed E-state index contributed by atoms with van der Waals surface area (Å²) < 4.78 is 0. The smallest absolute Gasteiger partial charge is 0.140 e. The Morgan fingerprint density at radius 2 is 1.50 bits per heavy atom. The van der Waals surface area contributed by atoms with Gasteiger partial charge in [0.15, 0.2) is 0 Å². The average Bonchev–Trinajstić information content (AvgIpc) is 2.74. The van der Waals surface area contributed by atoms with Gasteiger partial charge >= 0.3 is 0 Å². The van der Waals surface area contributed by atoms with E-state index in [2.05, 4.69) is 26.8 Å². The van der Waals surface area contributed by atoms with Gasteiger partial charge in [-0.3, -0.25) is 0 Å². The molecule has 28 heavy (non-hydrogen) atoms. The van der Waals surface area contributed by atoms with E-state index in [4.69, 9.17) is 0 Å². The number of nitrogens with zero attached hydrogens (tertiary/aromatic N) is 1. The number of unbranched alkanes of at least 4 members (excludes halogenated alkanes) is 4. The molecule has 162 valence electrons. The van der Waals surface area contributed by atoms with Gasteiger partial charge in [-0.15, -0.1) is 0 Å². The molecule has 0 aromatic rings. The fourth-order valence-corrected chi connectivity index (χ4v) is 5.27. The lowest BCUT2D eigenvalue weighted by Crippen LogP contribution is -2.24. The van der Waals surface area contributed by atoms with Gasteiger partial charge < -0.3 is 4.79 Å². The van der Waals surface area contributed by atoms with Gasteiger partial charge in [0.05, 0.1) is 6.07 Å². The zero-order valence-electron chi connectivity index (χ0n) is 19.2. The van der Waals surface area contributed by atoms with Gasteiger partial charge in [0.1, 0.15) is 11.7 Å². The molecule has 2 nitrogen and oxygen atoms in total. The summed E-state index contributed by atoms with van der Waals surface area (Å²) in [6, 6.07) is 2.36. The van der Waals surface area contributed by atoms with Crippen LogP contribution in [0.15, 0.2) is 0 Å². The second-order valence-electron chi connectivity index (χ2n) is 9.56. The average molecular weight is 390 g/mol. The van der Waals surface area contributed by atoms with Crippen LogP contribution >= 0.6 is 0 Å². The van der Waals surface area contributed by atoms with E-state index in [1.165, 1.54) is 77.0 Å². The SMILES string of the molecule is CCCCCC1CCC(C(CCCC)CCCC(C#N)(C=O)CCCC)CC1. The Kier molecular flexibility index (Phi) is 13.6. The van der Waals surface area contributed by atoms with Crippen LogP contribution in [0.3, 0.4) is 0 Å². The molecule has 1 aliphatic rings. The third-order valence-electron chi connectivity index (χ3n) is 7.32. The van der Waals surface area contributed by atoms with Crippen LogP contribution in [0, 0.1) is 34.5 Å². The lowest BCUT2D eigenvalue weighted by molar-refractivity contribution is -0.114. The zero-order chi connectivity index (χ0) is 20.7. The molecule has 1 saturated carbocycles. The summed E-state index contributed by atoms with van der Waals surface area (Å²) in [7, 11) is 0. The molecule has 0 bridgehead atoms. The third-order valence-corrected chi connectivity index (χ3v) is 7.32. The van der Waals surface area contributed by atoms with Gasteiger partial charge in [0.2, 0.25) is 0 Å². The molecule has 0 aromatic carbocycles. The van der Waals surface area contributed by atoms with Crippen molar-refractivity contribution in [1.29, 1.82) is 5.26 Å². The van der Waals surface area contributed by atoms with E-state index in [1.807, 2.05) is 0 Å². The molecule has 2 heteroatoms. The minimum atomic E-state index is -0.720. The molecular formula is C26H47NO. The van der Waals surface area contributed by atoms with Crippen LogP contribution in [0.1, 0.15) is 130 Å². The monoisotopic (exact) mass is 389 g/mol. The quantitative estimate of drug-likeness (QED) is 0.197. The minimum absolute atomic E-state index is 0.720. The van der Waals surface area contributed by atoms with Crippen LogP contribution in [0.4, 0.5) is 0 Å². The summed E-state index contributed by atoms with van der Waals surface area (Å²) in [5, 5.41) is 9.60. The van der Waals surface area contributed by atoms with Crippen molar-refractivity contribution in [3.05, 3.63) is 0 Å². The molecule has 0 aromatic heterocycles. The van der Waals surface area contributed by atoms with E-state index in [0.717, 1.165) is 56.1 Å². The molecule has 0 N–H and O–H groups in total. The van der Waals surface area contributed by atoms with Gasteiger partial charge in [-0.1, -0.05) is 104 Å². The highest BCUT2D eigenvalue weighted by molar-refractivity contribution is 5.63. The number of hydrogen-bond acceptors (Lipinski definition) is 2. The first kappa shape index (κ1) is 25.2. The van der Waals surface area contributed by atoms with Crippen molar-refractivity contribution in [1.82, 2.24) is 0 Å². The number of carbonyl (C=O) groups excluding carboxylic acids is 1. The largest absolute Gasteiger partial charge is 0.302 e. The summed E-state index contributed by atoms with van der Waals surface area (Å²) in [5.41, 5.74) is -0.720. The predicted molar refractivity (Wildman–Crippen MR) is 120 cm³/mol. The van der Waals surface area contributed by atoms with Crippen LogP contribution in [-0.2, 0) is 4.79 Å². The van der Waals surface area contributed by atoms with Crippen LogP contribution < -0.4 is 0 Å². The third kappa shape index (κ3) is 9.11. The fourth-order valence-electron chi connectivity index (χ4n) is 5.27. The first-order valence-corrected chi connectivity index (χ1v) is 12.5. The summed E-state index contributed by atoms with van der Waals surface area (Å²) in [5.74, 6) is 2.67. The highest BCUT2D eigenvalue weighted by Gasteiger charge is 2.31. The van der Waals surface area contributed by atoms with Crippen LogP contribution in [0.25, 0.3) is 0 Å². The molecule has 2 atom stereocenters. The second kappa shape index (κ2) is 15.1. The maximum absolute atomic E-state index is 11.6. The number of carbonyl (C=O) groups is 1. The minimum Gasteiger partial charge on any atom is -0.302 e. The van der Waals surface area contributed by atoms with Gasteiger partial charge in [0, 0.05) is 0 Å². The Bertz CT molecular complexity index is 432. The normalized spacial score (nSPS) is 22.9. The van der Waals surface area contributed by atoms with E-state index < -0.39 is 5.41 Å². The Morgan fingerprint density at radius 3 is 2.07 bits per heavy atom. The molecule has 0 saturated heterocycles. The second-order valence-corrected chi connectivity index (χ2v) is 9.56. The van der Waals surface area contributed by atoms with Gasteiger partial charge in [-0.25, -0.2) is 0 Å². The van der Waals surface area contributed by atoms with Crippen molar-refractivity contribution >= 4 is 6.29 Å². The number of nitriles is 1. The Morgan fingerprint density at radius 1 is 0.893 bits per heavy atom. The molecule has 1 fully saturated rings. The Labute approximate surface area is 175 Å². The number of hydrogen-bond donors (Lipinski definition) is 0. The van der Waals surface area contributed by atoms with E-state index in [1.54, 1.807) is 0 Å². The molecule has 0 aliphatic heterocycles. The first-order chi connectivity index (χ1) is 13.6. The Hall–Kier alpha value is -0.840. The molecule has 1 aliphatic carbocycles. The van der Waals surface area contributed by atoms with E-state index >= 15 is 0 Å². The lowest BCUT2D eigenvalue weighted by atomic mass is 9.71. The molecule has 0 radical (unpaired) electrons. The highest BCUT2D eigenvalue weighted by atomic mass is 16.1. The summed E-state index contributed by atoms with van der Waals surface area (Å²) in [6.45, 7) is 6.72. The van der Waals surface area contributed by atoms with Crippen LogP contribution in [0.5, 0.6) is 0 Å². The van der Waals surface area contributed by atoms with Crippen molar-refractivity contribution < 1.29 is 4.79 Å². The molecule has 2 unspecified atom stereocenters. The maximum atomic E-state index is 11.6. The van der Waals surface area contributed by atoms with Crippen molar-refractivity contribution in [2.75, 3.05) is 0 Å². The summed E-state index contributed by atoms with van der Waals surface area (Å²) in [6.07, 6.45) is 22.0. The molecular weight excluding hydrogens is 342 g/mol. The van der Waals surface area contributed by atoms with E-state index in [9.17, 15) is 10.1 Å². The molecule has 1 rings (SSSR count). The lowest BCUT2D eigenvalue weighted by Gasteiger charge is -2.34. The molecule has 0 amide bonds. The van der Waals surface area contributed by atoms with E-state index in [-0.39, 0.29) is 0 Å². The van der Waals surface area contributed by atoms with Crippen molar-refractivity contribution in [3.8, 4) is 6.07 Å². The number of aldehydes is 1. The standard InChI is InChI=1S/C26H47NO/c1-4-7-10-12-23-15-17-25(18-16-23)24(13-8-5-2)14-11-20-26(21-27,22-28)19-9-6-3/h22-25H,4-20H2,1-3H3. The zero-order valence-corrected chi connectivity index (χ0v) is 19.2.